The smallest absolute Gasteiger partial charge is 0.122 e. The summed E-state index contributed by atoms with van der Waals surface area (Å²) in [5.41, 5.74) is 8.30. The number of anilines is 2. The van der Waals surface area contributed by atoms with Crippen LogP contribution in [0, 0.1) is 0 Å². The van der Waals surface area contributed by atoms with E-state index in [0.717, 1.165) is 27.2 Å². The molecule has 2 aromatic rings. The second kappa shape index (κ2) is 6.04. The van der Waals surface area contributed by atoms with Crippen LogP contribution in [0.25, 0.3) is 0 Å². The van der Waals surface area contributed by atoms with Crippen LogP contribution in [0.1, 0.15) is 5.56 Å². The fraction of sp³-hybridized carbons (Fsp3) is 0.0714. The molecule has 0 atom stereocenters. The molecule has 0 saturated carbocycles. The fourth-order valence-electron chi connectivity index (χ4n) is 1.72. The van der Waals surface area contributed by atoms with E-state index in [1.807, 2.05) is 42.5 Å². The molecule has 19 heavy (non-hydrogen) atoms. The summed E-state index contributed by atoms with van der Waals surface area (Å²) in [5.74, 6) is 0.768. The van der Waals surface area contributed by atoms with Crippen LogP contribution in [-0.2, 0) is 0 Å². The number of para-hydroxylation sites is 1. The van der Waals surface area contributed by atoms with Gasteiger partial charge in [0.15, 0.2) is 0 Å². The van der Waals surface area contributed by atoms with Gasteiger partial charge in [0.25, 0.3) is 0 Å². The van der Waals surface area contributed by atoms with Gasteiger partial charge in [-0.3, -0.25) is 0 Å². The third-order valence-corrected chi connectivity index (χ3v) is 3.26. The van der Waals surface area contributed by atoms with Crippen molar-refractivity contribution in [1.29, 1.82) is 0 Å². The van der Waals surface area contributed by atoms with Gasteiger partial charge in [-0.25, -0.2) is 0 Å². The lowest BCUT2D eigenvalue weighted by atomic mass is 10.1. The highest BCUT2D eigenvalue weighted by molar-refractivity contribution is 9.10. The van der Waals surface area contributed by atoms with Crippen LogP contribution in [0.15, 0.2) is 46.9 Å². The summed E-state index contributed by atoms with van der Waals surface area (Å²) in [5, 5.41) is 3.29. The van der Waals surface area contributed by atoms with Crippen molar-refractivity contribution in [3.63, 3.8) is 0 Å². The van der Waals surface area contributed by atoms with Crippen molar-refractivity contribution < 1.29 is 4.74 Å². The average Bonchev–Trinajstić information content (AvgIpc) is 2.38. The van der Waals surface area contributed by atoms with E-state index in [1.54, 1.807) is 7.11 Å². The normalized spacial score (nSPS) is 10.0. The predicted octanol–water partition coefficient (Wildman–Crippen LogP) is 3.84. The number of ether oxygens (including phenoxy) is 1. The third kappa shape index (κ3) is 3.45. The molecule has 0 aromatic heterocycles. The molecular weight excluding hydrogens is 324 g/mol. The summed E-state index contributed by atoms with van der Waals surface area (Å²) in [6.45, 7) is 0. The van der Waals surface area contributed by atoms with E-state index >= 15 is 0 Å². The minimum absolute atomic E-state index is 0.366. The number of thiocarbonyl (C=S) groups is 1. The van der Waals surface area contributed by atoms with Crippen LogP contribution in [0.4, 0.5) is 11.4 Å². The number of hydrogen-bond donors (Lipinski definition) is 2. The number of halogens is 1. The Morgan fingerprint density at radius 3 is 2.68 bits per heavy atom. The van der Waals surface area contributed by atoms with Crippen LogP contribution in [0.3, 0.4) is 0 Å². The van der Waals surface area contributed by atoms with Gasteiger partial charge in [-0.2, -0.15) is 0 Å². The standard InChI is InChI=1S/C14H13BrN2OS/c1-18-11-7-9(15)6-10(8-11)17-13-5-3-2-4-12(13)14(16)19/h2-8,17H,1H3,(H2,16,19). The van der Waals surface area contributed by atoms with E-state index < -0.39 is 0 Å². The molecule has 2 aromatic carbocycles. The van der Waals surface area contributed by atoms with Gasteiger partial charge in [0.05, 0.1) is 7.11 Å². The van der Waals surface area contributed by atoms with Gasteiger partial charge in [0.1, 0.15) is 10.7 Å². The molecule has 3 N–H and O–H groups in total. The maximum Gasteiger partial charge on any atom is 0.122 e. The van der Waals surface area contributed by atoms with Crippen molar-refractivity contribution >= 4 is 44.5 Å². The largest absolute Gasteiger partial charge is 0.497 e. The van der Waals surface area contributed by atoms with Gasteiger partial charge >= 0.3 is 0 Å². The first-order valence-electron chi connectivity index (χ1n) is 5.60. The number of rotatable bonds is 4. The number of methoxy groups -OCH3 is 1. The third-order valence-electron chi connectivity index (χ3n) is 2.58. The Balaban J connectivity index is 2.36. The Morgan fingerprint density at radius 1 is 1.26 bits per heavy atom. The zero-order valence-electron chi connectivity index (χ0n) is 10.3. The summed E-state index contributed by atoms with van der Waals surface area (Å²) in [6.07, 6.45) is 0. The van der Waals surface area contributed by atoms with Crippen molar-refractivity contribution in [2.24, 2.45) is 5.73 Å². The number of benzene rings is 2. The number of nitrogens with two attached hydrogens (primary N) is 1. The molecule has 0 heterocycles. The van der Waals surface area contributed by atoms with Crippen LogP contribution in [0.5, 0.6) is 5.75 Å². The number of hydrogen-bond acceptors (Lipinski definition) is 3. The monoisotopic (exact) mass is 336 g/mol. The van der Waals surface area contributed by atoms with Crippen molar-refractivity contribution in [3.05, 3.63) is 52.5 Å². The highest BCUT2D eigenvalue weighted by Gasteiger charge is 2.06. The summed E-state index contributed by atoms with van der Waals surface area (Å²) >= 11 is 8.49. The van der Waals surface area contributed by atoms with Gasteiger partial charge < -0.3 is 15.8 Å². The topological polar surface area (TPSA) is 47.3 Å². The molecule has 0 bridgehead atoms. The van der Waals surface area contributed by atoms with Crippen molar-refractivity contribution in [2.75, 3.05) is 12.4 Å². The van der Waals surface area contributed by atoms with Gasteiger partial charge in [-0.05, 0) is 24.3 Å². The van der Waals surface area contributed by atoms with Crippen LogP contribution >= 0.6 is 28.1 Å². The second-order valence-corrected chi connectivity index (χ2v) is 5.27. The Hall–Kier alpha value is -1.59. The summed E-state index contributed by atoms with van der Waals surface area (Å²) in [6, 6.07) is 13.4. The molecule has 0 fully saturated rings. The molecule has 0 radical (unpaired) electrons. The van der Waals surface area contributed by atoms with Crippen LogP contribution in [0.2, 0.25) is 0 Å². The highest BCUT2D eigenvalue weighted by atomic mass is 79.9. The quantitative estimate of drug-likeness (QED) is 0.833. The van der Waals surface area contributed by atoms with Gasteiger partial charge in [-0.15, -0.1) is 0 Å². The minimum atomic E-state index is 0.366. The maximum absolute atomic E-state index is 5.71. The minimum Gasteiger partial charge on any atom is -0.497 e. The van der Waals surface area contributed by atoms with Crippen LogP contribution < -0.4 is 15.8 Å². The molecule has 5 heteroatoms. The highest BCUT2D eigenvalue weighted by Crippen LogP contribution is 2.28. The van der Waals surface area contributed by atoms with E-state index in [4.69, 9.17) is 22.7 Å². The Morgan fingerprint density at radius 2 is 2.00 bits per heavy atom. The first-order chi connectivity index (χ1) is 9.10. The molecule has 0 aliphatic rings. The Kier molecular flexibility index (Phi) is 4.39. The van der Waals surface area contributed by atoms with Crippen molar-refractivity contribution in [2.45, 2.75) is 0 Å². The zero-order chi connectivity index (χ0) is 13.8. The lowest BCUT2D eigenvalue weighted by Gasteiger charge is -2.12. The Labute approximate surface area is 125 Å². The molecule has 0 amide bonds. The lowest BCUT2D eigenvalue weighted by Crippen LogP contribution is -2.11. The van der Waals surface area contributed by atoms with E-state index in [0.29, 0.717) is 4.99 Å². The molecular formula is C14H13BrN2OS. The molecule has 0 unspecified atom stereocenters. The Bertz CT molecular complexity index is 616. The first kappa shape index (κ1) is 13.8. The molecule has 0 aliphatic heterocycles. The van der Waals surface area contributed by atoms with Crippen molar-refractivity contribution in [3.8, 4) is 5.75 Å². The molecule has 2 rings (SSSR count). The molecule has 0 aliphatic carbocycles. The second-order valence-electron chi connectivity index (χ2n) is 3.91. The average molecular weight is 337 g/mol. The SMILES string of the molecule is COc1cc(Br)cc(Nc2ccccc2C(N)=S)c1. The van der Waals surface area contributed by atoms with E-state index in [1.165, 1.54) is 0 Å². The van der Waals surface area contributed by atoms with Gasteiger partial charge in [0.2, 0.25) is 0 Å². The zero-order valence-corrected chi connectivity index (χ0v) is 12.7. The predicted molar refractivity (Wildman–Crippen MR) is 86.3 cm³/mol. The van der Waals surface area contributed by atoms with Gasteiger partial charge in [0, 0.05) is 27.5 Å². The number of nitrogens with one attached hydrogen (secondary N) is 1. The molecule has 3 nitrogen and oxygen atoms in total. The molecule has 98 valence electrons. The van der Waals surface area contributed by atoms with Crippen LogP contribution in [-0.4, -0.2) is 12.1 Å². The van der Waals surface area contributed by atoms with Crippen molar-refractivity contribution in [1.82, 2.24) is 0 Å². The van der Waals surface area contributed by atoms with E-state index in [-0.39, 0.29) is 0 Å². The summed E-state index contributed by atoms with van der Waals surface area (Å²) in [7, 11) is 1.63. The summed E-state index contributed by atoms with van der Waals surface area (Å²) < 4.78 is 6.16. The molecule has 0 saturated heterocycles. The molecule has 0 spiro atoms. The fourth-order valence-corrected chi connectivity index (χ4v) is 2.37. The lowest BCUT2D eigenvalue weighted by molar-refractivity contribution is 0.415. The first-order valence-corrected chi connectivity index (χ1v) is 6.80. The van der Waals surface area contributed by atoms with E-state index in [9.17, 15) is 0 Å². The van der Waals surface area contributed by atoms with E-state index in [2.05, 4.69) is 21.2 Å². The summed E-state index contributed by atoms with van der Waals surface area (Å²) in [4.78, 5) is 0.366. The van der Waals surface area contributed by atoms with Gasteiger partial charge in [-0.1, -0.05) is 40.3 Å². The maximum atomic E-state index is 5.71.